The summed E-state index contributed by atoms with van der Waals surface area (Å²) in [5.41, 5.74) is 0.221. The van der Waals surface area contributed by atoms with Crippen LogP contribution in [0, 0.1) is 0 Å². The van der Waals surface area contributed by atoms with E-state index in [9.17, 15) is 18.0 Å². The quantitative estimate of drug-likeness (QED) is 0.895. The number of benzene rings is 1. The Morgan fingerprint density at radius 1 is 1.38 bits per heavy atom. The van der Waals surface area contributed by atoms with E-state index in [-0.39, 0.29) is 16.0 Å². The van der Waals surface area contributed by atoms with Crippen molar-refractivity contribution in [1.82, 2.24) is 9.29 Å². The third-order valence-corrected chi connectivity index (χ3v) is 5.52. The topological polar surface area (TPSA) is 96.4 Å². The molecule has 1 N–H and O–H groups in total. The second-order valence-corrected chi connectivity index (χ2v) is 7.11. The van der Waals surface area contributed by atoms with Gasteiger partial charge in [-0.3, -0.25) is 14.9 Å². The molecule has 0 fully saturated rings. The van der Waals surface area contributed by atoms with Crippen LogP contribution < -0.4 is 5.32 Å². The highest BCUT2D eigenvalue weighted by Gasteiger charge is 2.38. The van der Waals surface area contributed by atoms with Gasteiger partial charge in [-0.05, 0) is 18.2 Å². The summed E-state index contributed by atoms with van der Waals surface area (Å²) in [5.74, 6) is -1.08. The van der Waals surface area contributed by atoms with E-state index in [1.807, 2.05) is 0 Å². The number of carbonyl (C=O) groups is 2. The number of amides is 2. The first-order valence-corrected chi connectivity index (χ1v) is 8.11. The molecule has 0 aliphatic carbocycles. The molecule has 2 heterocycles. The lowest BCUT2D eigenvalue weighted by Crippen LogP contribution is -2.24. The van der Waals surface area contributed by atoms with E-state index < -0.39 is 21.8 Å². The van der Waals surface area contributed by atoms with Gasteiger partial charge in [0.05, 0.1) is 5.56 Å². The summed E-state index contributed by atoms with van der Waals surface area (Å²) >= 11 is 1.25. The lowest BCUT2D eigenvalue weighted by atomic mass is 10.1. The number of hydrogen-bond acceptors (Lipinski definition) is 6. The van der Waals surface area contributed by atoms with Crippen LogP contribution in [0.1, 0.15) is 20.7 Å². The number of nitrogens with zero attached hydrogens (tertiary/aromatic N) is 2. The summed E-state index contributed by atoms with van der Waals surface area (Å²) in [5, 5.41) is 4.67. The number of anilines is 1. The monoisotopic (exact) mass is 323 g/mol. The molecule has 0 saturated heterocycles. The molecular weight excluding hydrogens is 314 g/mol. The van der Waals surface area contributed by atoms with Crippen LogP contribution in [-0.2, 0) is 10.0 Å². The summed E-state index contributed by atoms with van der Waals surface area (Å²) in [7, 11) is -2.67. The Bertz CT molecular complexity index is 843. The van der Waals surface area contributed by atoms with E-state index in [0.29, 0.717) is 9.44 Å². The first kappa shape index (κ1) is 13.7. The highest BCUT2D eigenvalue weighted by atomic mass is 32.2. The second-order valence-electron chi connectivity index (χ2n) is 4.28. The van der Waals surface area contributed by atoms with E-state index in [1.54, 1.807) is 11.6 Å². The number of nitrogens with one attached hydrogen (secondary N) is 1. The van der Waals surface area contributed by atoms with Crippen molar-refractivity contribution in [3.05, 3.63) is 40.9 Å². The molecule has 0 radical (unpaired) electrons. The maximum atomic E-state index is 12.0. The van der Waals surface area contributed by atoms with E-state index >= 15 is 0 Å². The van der Waals surface area contributed by atoms with Crippen LogP contribution in [0.2, 0.25) is 0 Å². The van der Waals surface area contributed by atoms with Gasteiger partial charge in [-0.25, -0.2) is 17.7 Å². The van der Waals surface area contributed by atoms with Crippen molar-refractivity contribution in [3.8, 4) is 0 Å². The molecule has 21 heavy (non-hydrogen) atoms. The molecule has 1 aromatic heterocycles. The summed E-state index contributed by atoms with van der Waals surface area (Å²) in [6.45, 7) is 0. The van der Waals surface area contributed by atoms with Crippen molar-refractivity contribution >= 4 is 38.3 Å². The van der Waals surface area contributed by atoms with Gasteiger partial charge in [0.1, 0.15) is 4.90 Å². The van der Waals surface area contributed by atoms with Gasteiger partial charge >= 0.3 is 0 Å². The van der Waals surface area contributed by atoms with Gasteiger partial charge in [-0.1, -0.05) is 0 Å². The van der Waals surface area contributed by atoms with Crippen LogP contribution >= 0.6 is 11.3 Å². The Kier molecular flexibility index (Phi) is 3.03. The van der Waals surface area contributed by atoms with E-state index in [4.69, 9.17) is 0 Å². The molecule has 0 spiro atoms. The first-order chi connectivity index (χ1) is 9.91. The molecular formula is C12H9N3O4S2. The van der Waals surface area contributed by atoms with Crippen molar-refractivity contribution in [2.24, 2.45) is 0 Å². The average molecular weight is 323 g/mol. The Labute approximate surface area is 124 Å². The maximum absolute atomic E-state index is 12.0. The summed E-state index contributed by atoms with van der Waals surface area (Å²) < 4.78 is 24.8. The molecule has 7 nitrogen and oxygen atoms in total. The standard InChI is InChI=1S/C12H9N3O4S2/c1-15-11(17)8-3-2-7(6-9(8)21(15,18)19)10(16)14-12-13-4-5-20-12/h2-6H,1H3,(H,13,14,16). The zero-order valence-electron chi connectivity index (χ0n) is 10.7. The van der Waals surface area contributed by atoms with Crippen LogP contribution in [0.3, 0.4) is 0 Å². The minimum Gasteiger partial charge on any atom is -0.298 e. The first-order valence-electron chi connectivity index (χ1n) is 5.79. The fourth-order valence-electron chi connectivity index (χ4n) is 1.93. The largest absolute Gasteiger partial charge is 0.298 e. The van der Waals surface area contributed by atoms with Crippen LogP contribution in [0.4, 0.5) is 5.13 Å². The average Bonchev–Trinajstić information content (AvgIpc) is 3.02. The number of sulfonamides is 1. The van der Waals surface area contributed by atoms with Crippen LogP contribution in [0.5, 0.6) is 0 Å². The summed E-state index contributed by atoms with van der Waals surface area (Å²) in [6.07, 6.45) is 1.54. The minimum absolute atomic E-state index is 0.0725. The molecule has 108 valence electrons. The molecule has 0 saturated carbocycles. The molecule has 0 bridgehead atoms. The SMILES string of the molecule is CN1C(=O)c2ccc(C(=O)Nc3nccs3)cc2S1(=O)=O. The highest BCUT2D eigenvalue weighted by molar-refractivity contribution is 7.90. The molecule has 9 heteroatoms. The number of fused-ring (bicyclic) bond motifs is 1. The van der Waals surface area contributed by atoms with Crippen LogP contribution in [0.25, 0.3) is 0 Å². The summed E-state index contributed by atoms with van der Waals surface area (Å²) in [4.78, 5) is 27.6. The van der Waals surface area contributed by atoms with Crippen molar-refractivity contribution in [1.29, 1.82) is 0 Å². The third-order valence-electron chi connectivity index (χ3n) is 3.05. The molecule has 0 atom stereocenters. The number of carbonyl (C=O) groups excluding carboxylic acids is 2. The molecule has 1 aromatic carbocycles. The maximum Gasteiger partial charge on any atom is 0.268 e. The number of aromatic nitrogens is 1. The Morgan fingerprint density at radius 3 is 2.81 bits per heavy atom. The Hall–Kier alpha value is -2.26. The lowest BCUT2D eigenvalue weighted by molar-refractivity contribution is 0.0890. The van der Waals surface area contributed by atoms with Crippen LogP contribution in [-0.4, -0.2) is 36.6 Å². The van der Waals surface area contributed by atoms with Gasteiger partial charge in [-0.2, -0.15) is 0 Å². The van der Waals surface area contributed by atoms with Crippen molar-refractivity contribution in [3.63, 3.8) is 0 Å². The van der Waals surface area contributed by atoms with Gasteiger partial charge in [-0.15, -0.1) is 11.3 Å². The Balaban J connectivity index is 2.00. The molecule has 3 rings (SSSR count). The van der Waals surface area contributed by atoms with Gasteiger partial charge in [0.2, 0.25) is 0 Å². The lowest BCUT2D eigenvalue weighted by Gasteiger charge is -2.06. The fourth-order valence-corrected chi connectivity index (χ4v) is 3.78. The molecule has 1 aliphatic heterocycles. The fraction of sp³-hybridized carbons (Fsp3) is 0.0833. The van der Waals surface area contributed by atoms with Crippen molar-refractivity contribution in [2.75, 3.05) is 12.4 Å². The predicted octanol–water partition coefficient (Wildman–Crippen LogP) is 1.17. The Morgan fingerprint density at radius 2 is 2.14 bits per heavy atom. The van der Waals surface area contributed by atoms with Gasteiger partial charge in [0.15, 0.2) is 5.13 Å². The predicted molar refractivity (Wildman–Crippen MR) is 75.8 cm³/mol. The molecule has 1 aliphatic rings. The van der Waals surface area contributed by atoms with Gasteiger partial charge < -0.3 is 0 Å². The zero-order valence-corrected chi connectivity index (χ0v) is 12.4. The molecule has 2 aromatic rings. The normalized spacial score (nSPS) is 15.9. The number of hydrogen-bond donors (Lipinski definition) is 1. The van der Waals surface area contributed by atoms with E-state index in [0.717, 1.165) is 0 Å². The highest BCUT2D eigenvalue weighted by Crippen LogP contribution is 2.29. The van der Waals surface area contributed by atoms with Crippen molar-refractivity contribution in [2.45, 2.75) is 4.90 Å². The van der Waals surface area contributed by atoms with E-state index in [1.165, 1.54) is 36.6 Å². The van der Waals surface area contributed by atoms with Crippen molar-refractivity contribution < 1.29 is 18.0 Å². The smallest absolute Gasteiger partial charge is 0.268 e. The summed E-state index contributed by atoms with van der Waals surface area (Å²) in [6, 6.07) is 3.96. The number of thiazole rings is 1. The van der Waals surface area contributed by atoms with Gasteiger partial charge in [0, 0.05) is 24.2 Å². The minimum atomic E-state index is -3.86. The van der Waals surface area contributed by atoms with Crippen LogP contribution in [0.15, 0.2) is 34.7 Å². The molecule has 0 unspecified atom stereocenters. The second kappa shape index (κ2) is 4.64. The zero-order chi connectivity index (χ0) is 15.2. The molecule has 2 amide bonds. The van der Waals surface area contributed by atoms with Gasteiger partial charge in [0.25, 0.3) is 21.8 Å². The number of rotatable bonds is 2. The van der Waals surface area contributed by atoms with E-state index in [2.05, 4.69) is 10.3 Å². The third kappa shape index (κ3) is 2.10.